The third-order valence-corrected chi connectivity index (χ3v) is 19.0. The van der Waals surface area contributed by atoms with Crippen LogP contribution in [0.15, 0.2) is 131 Å². The number of fused-ring (bicyclic) bond motifs is 10. The van der Waals surface area contributed by atoms with Gasteiger partial charge in [0.1, 0.15) is 32.8 Å². The van der Waals surface area contributed by atoms with Crippen LogP contribution in [0.1, 0.15) is 177 Å². The average molecular weight is 1200 g/mol. The first-order chi connectivity index (χ1) is 40.2. The highest BCUT2D eigenvalue weighted by molar-refractivity contribution is 7.87. The monoisotopic (exact) mass is 1200 g/mol. The van der Waals surface area contributed by atoms with Crippen molar-refractivity contribution < 1.29 is 34.7 Å². The van der Waals surface area contributed by atoms with E-state index in [1.165, 1.54) is 0 Å². The van der Waals surface area contributed by atoms with Crippen molar-refractivity contribution in [1.82, 2.24) is 0 Å². The second-order valence-corrected chi connectivity index (χ2v) is 31.0. The Hall–Kier alpha value is -7.02. The van der Waals surface area contributed by atoms with Crippen molar-refractivity contribution in [3.63, 3.8) is 0 Å². The van der Waals surface area contributed by atoms with Crippen LogP contribution in [0.5, 0.6) is 23.0 Å². The van der Waals surface area contributed by atoms with E-state index in [0.717, 1.165) is 66.7 Å². The third kappa shape index (κ3) is 13.3. The van der Waals surface area contributed by atoms with Crippen LogP contribution >= 0.6 is 0 Å². The number of anilines is 2. The van der Waals surface area contributed by atoms with E-state index in [9.17, 15) is 0 Å². The number of hydrogen-bond donors (Lipinski definition) is 0. The van der Waals surface area contributed by atoms with Crippen LogP contribution in [-0.2, 0) is 67.6 Å². The van der Waals surface area contributed by atoms with E-state index >= 15 is 16.8 Å². The molecule has 0 unspecified atom stereocenters. The zero-order chi connectivity index (χ0) is 62.6. The predicted octanol–water partition coefficient (Wildman–Crippen LogP) is 17.1. The molecule has 0 aromatic heterocycles. The molecule has 0 saturated carbocycles. The van der Waals surface area contributed by atoms with Crippen molar-refractivity contribution in [2.24, 2.45) is 0 Å². The van der Waals surface area contributed by atoms with Gasteiger partial charge in [-0.25, -0.2) is 0 Å². The Morgan fingerprint density at radius 3 is 0.849 bits per heavy atom. The number of ether oxygens (including phenoxy) is 2. The number of hydrogen-bond acceptors (Lipinski definition) is 10. The Kier molecular flexibility index (Phi) is 17.7. The predicted molar refractivity (Wildman–Crippen MR) is 356 cm³/mol. The summed E-state index contributed by atoms with van der Waals surface area (Å²) in [5, 5.41) is 2.70. The molecule has 0 amide bonds. The second kappa shape index (κ2) is 23.9. The molecule has 8 aromatic rings. The van der Waals surface area contributed by atoms with E-state index in [2.05, 4.69) is 145 Å². The molecule has 0 aliphatic heterocycles. The van der Waals surface area contributed by atoms with Crippen molar-refractivity contribution in [2.45, 2.75) is 167 Å². The summed E-state index contributed by atoms with van der Waals surface area (Å²) >= 11 is 0. The summed E-state index contributed by atoms with van der Waals surface area (Å²) in [5.74, 6) is 1.80. The summed E-state index contributed by atoms with van der Waals surface area (Å²) in [4.78, 5) is 4.11. The fourth-order valence-corrected chi connectivity index (χ4v) is 14.1. The van der Waals surface area contributed by atoms with Gasteiger partial charge in [-0.3, -0.25) is 0 Å². The number of benzene rings is 8. The smallest absolute Gasteiger partial charge is 0.339 e. The molecule has 1 aliphatic carbocycles. The number of nitrogens with zero attached hydrogens (tertiary/aromatic N) is 2. The normalized spacial score (nSPS) is 13.4. The highest BCUT2D eigenvalue weighted by atomic mass is 32.2. The Bertz CT molecular complexity index is 3750. The molecule has 0 fully saturated rings. The molecule has 0 heterocycles. The molecule has 9 rings (SSSR count). The molecule has 0 saturated heterocycles. The Morgan fingerprint density at radius 2 is 0.605 bits per heavy atom. The van der Waals surface area contributed by atoms with E-state index < -0.39 is 20.2 Å². The molecule has 0 atom stereocenters. The first-order valence-corrected chi connectivity index (χ1v) is 33.2. The molecule has 10 nitrogen and oxygen atoms in total. The summed E-state index contributed by atoms with van der Waals surface area (Å²) in [6.45, 7) is 31.1. The Morgan fingerprint density at radius 1 is 0.360 bits per heavy atom. The molecular weight excluding hydrogens is 1110 g/mol. The average Bonchev–Trinajstić information content (AvgIpc) is 0.822. The lowest BCUT2D eigenvalue weighted by molar-refractivity contribution is 0.311. The number of rotatable bonds is 14. The van der Waals surface area contributed by atoms with E-state index in [-0.39, 0.29) is 68.6 Å². The Labute approximate surface area is 514 Å². The van der Waals surface area contributed by atoms with Gasteiger partial charge in [0, 0.05) is 109 Å². The summed E-state index contributed by atoms with van der Waals surface area (Å²) < 4.78 is 90.2. The topological polar surface area (TPSA) is 112 Å². The highest BCUT2D eigenvalue weighted by Crippen LogP contribution is 2.46. The summed E-state index contributed by atoms with van der Waals surface area (Å²) in [6.07, 6.45) is 2.34. The lowest BCUT2D eigenvalue weighted by Gasteiger charge is -2.29. The quantitative estimate of drug-likeness (QED) is 0.0976. The van der Waals surface area contributed by atoms with Crippen LogP contribution in [0.3, 0.4) is 0 Å². The van der Waals surface area contributed by atoms with Gasteiger partial charge in [0.2, 0.25) is 0 Å². The van der Waals surface area contributed by atoms with Gasteiger partial charge >= 0.3 is 20.2 Å². The highest BCUT2D eigenvalue weighted by Gasteiger charge is 2.33. The van der Waals surface area contributed by atoms with E-state index in [1.807, 2.05) is 86.5 Å². The van der Waals surface area contributed by atoms with E-state index in [0.29, 0.717) is 70.6 Å². The summed E-state index contributed by atoms with van der Waals surface area (Å²) in [5.41, 5.74) is 10.4. The molecule has 0 radical (unpaired) electrons. The largest absolute Gasteiger partial charge is 0.493 e. The van der Waals surface area contributed by atoms with Gasteiger partial charge < -0.3 is 27.6 Å². The molecule has 12 heteroatoms. The van der Waals surface area contributed by atoms with Crippen LogP contribution in [-0.4, -0.2) is 58.2 Å². The van der Waals surface area contributed by atoms with Crippen molar-refractivity contribution in [2.75, 3.05) is 51.2 Å². The molecule has 0 spiro atoms. The molecule has 0 N–H and O–H groups in total. The third-order valence-electron chi connectivity index (χ3n) is 16.5. The molecule has 1 aliphatic rings. The van der Waals surface area contributed by atoms with Crippen LogP contribution in [0, 0.1) is 0 Å². The lowest BCUT2D eigenvalue weighted by atomic mass is 9.79. The maximum absolute atomic E-state index is 15.6. The van der Waals surface area contributed by atoms with Gasteiger partial charge in [0.05, 0.1) is 13.2 Å². The Balaban J connectivity index is 1.42. The fourth-order valence-electron chi connectivity index (χ4n) is 11.7. The second-order valence-electron chi connectivity index (χ2n) is 28.0. The SMILES string of the molecule is CCCOc1c2cc(C(C)(C)C)cc1Cc1cc(C(C)(C)C)cc(c1OS(=O)(=O)c1cccc3c(N(C)C)cccc13)Cc1cc(C(C)(C)C)cc(c1OCCC)Cc1cc(C(C)(C)C)cc(c1OS(=O)(=O)c1cccc3c(N(C)C)cccc13)C2. The van der Waals surface area contributed by atoms with Gasteiger partial charge in [-0.1, -0.05) is 194 Å². The van der Waals surface area contributed by atoms with Gasteiger partial charge in [-0.2, -0.15) is 16.8 Å². The van der Waals surface area contributed by atoms with Crippen LogP contribution in [0.4, 0.5) is 11.4 Å². The zero-order valence-electron chi connectivity index (χ0n) is 54.2. The fraction of sp³-hybridized carbons (Fsp3) is 0.405. The van der Waals surface area contributed by atoms with Crippen LogP contribution in [0.25, 0.3) is 21.5 Å². The van der Waals surface area contributed by atoms with Crippen molar-refractivity contribution in [3.8, 4) is 23.0 Å². The molecule has 86 heavy (non-hydrogen) atoms. The van der Waals surface area contributed by atoms with E-state index in [1.54, 1.807) is 24.3 Å². The van der Waals surface area contributed by atoms with E-state index in [4.69, 9.17) is 17.8 Å². The van der Waals surface area contributed by atoms with Gasteiger partial charge in [-0.15, -0.1) is 0 Å². The minimum absolute atomic E-state index is 0.0696. The molecular formula is C74H90N2O8S2. The minimum Gasteiger partial charge on any atom is -0.493 e. The lowest BCUT2D eigenvalue weighted by Crippen LogP contribution is -2.19. The minimum atomic E-state index is -4.55. The summed E-state index contributed by atoms with van der Waals surface area (Å²) in [7, 11) is -1.29. The van der Waals surface area contributed by atoms with Crippen molar-refractivity contribution in [3.05, 3.63) is 188 Å². The van der Waals surface area contributed by atoms with Gasteiger partial charge in [-0.05, 0) is 103 Å². The standard InChI is InChI=1S/C74H90N2O8S2/c1-19-33-81-67-47-35-51-43-57(73(9,10)11)45-53(69(51)83-85(77,78)65-31-23-25-59-61(65)27-21-29-63(59)75(15)16)37-49-41-56(72(6,7)8)42-50(68(49)82-34-20-2)38-54-46-58(74(12,13)14)44-52(36-48(67)40-55(39-47)71(3,4)5)70(54)84-86(79,80)66-32-24-26-60-62(66)28-22-30-64(60)76(17)18/h21-32,39-46H,19-20,33-38H2,1-18H3. The molecule has 8 aromatic carbocycles. The molecule has 8 bridgehead atoms. The van der Waals surface area contributed by atoms with Crippen LogP contribution in [0.2, 0.25) is 0 Å². The first kappa shape index (κ1) is 63.5. The van der Waals surface area contributed by atoms with Gasteiger partial charge in [0.25, 0.3) is 0 Å². The van der Waals surface area contributed by atoms with Crippen molar-refractivity contribution in [1.29, 1.82) is 0 Å². The summed E-state index contributed by atoms with van der Waals surface area (Å²) in [6, 6.07) is 39.4. The van der Waals surface area contributed by atoms with Gasteiger partial charge in [0.15, 0.2) is 0 Å². The maximum Gasteiger partial charge on any atom is 0.339 e. The van der Waals surface area contributed by atoms with Crippen LogP contribution < -0.4 is 27.6 Å². The first-order valence-electron chi connectivity index (χ1n) is 30.4. The maximum atomic E-state index is 15.6. The van der Waals surface area contributed by atoms with Crippen molar-refractivity contribution >= 4 is 53.2 Å². The molecule has 456 valence electrons. The zero-order valence-corrected chi connectivity index (χ0v) is 55.8.